The third kappa shape index (κ3) is 4.21. The third-order valence-electron chi connectivity index (χ3n) is 3.86. The molecule has 1 aromatic carbocycles. The number of amides is 2. The molecule has 0 radical (unpaired) electrons. The van der Waals surface area contributed by atoms with Gasteiger partial charge in [0.1, 0.15) is 12.3 Å². The summed E-state index contributed by atoms with van der Waals surface area (Å²) in [7, 11) is 1.60. The van der Waals surface area contributed by atoms with Crippen LogP contribution in [0.5, 0.6) is 5.75 Å². The van der Waals surface area contributed by atoms with Crippen LogP contribution in [-0.4, -0.2) is 36.4 Å². The van der Waals surface area contributed by atoms with Gasteiger partial charge < -0.3 is 15.0 Å². The van der Waals surface area contributed by atoms with Gasteiger partial charge in [0, 0.05) is 18.7 Å². The molecule has 2 rings (SSSR count). The van der Waals surface area contributed by atoms with E-state index < -0.39 is 0 Å². The van der Waals surface area contributed by atoms with Gasteiger partial charge in [-0.05, 0) is 37.1 Å². The number of anilines is 1. The average molecular weight is 290 g/mol. The van der Waals surface area contributed by atoms with Crippen LogP contribution in [0.25, 0.3) is 0 Å². The maximum atomic E-state index is 12.1. The minimum atomic E-state index is -0.165. The van der Waals surface area contributed by atoms with Crippen LogP contribution in [0.1, 0.15) is 32.6 Å². The average Bonchev–Trinajstić information content (AvgIpc) is 2.99. The molecule has 1 fully saturated rings. The highest BCUT2D eigenvalue weighted by Crippen LogP contribution is 2.23. The zero-order valence-electron chi connectivity index (χ0n) is 12.6. The van der Waals surface area contributed by atoms with E-state index in [1.54, 1.807) is 36.3 Å². The number of carbonyl (C=O) groups is 2. The third-order valence-corrected chi connectivity index (χ3v) is 3.86. The number of benzene rings is 1. The molecule has 0 atom stereocenters. The lowest BCUT2D eigenvalue weighted by molar-refractivity contribution is -0.135. The highest BCUT2D eigenvalue weighted by Gasteiger charge is 2.26. The Balaban J connectivity index is 1.93. The number of ether oxygens (including phenoxy) is 1. The Labute approximate surface area is 125 Å². The second kappa shape index (κ2) is 7.11. The van der Waals surface area contributed by atoms with Gasteiger partial charge in [0.2, 0.25) is 11.8 Å². The molecule has 1 N–H and O–H groups in total. The smallest absolute Gasteiger partial charge is 0.244 e. The Hall–Kier alpha value is -2.04. The largest absolute Gasteiger partial charge is 0.497 e. The fourth-order valence-electron chi connectivity index (χ4n) is 2.74. The van der Waals surface area contributed by atoms with Crippen LogP contribution in [0.4, 0.5) is 5.69 Å². The van der Waals surface area contributed by atoms with Crippen molar-refractivity contribution in [2.45, 2.75) is 38.6 Å². The SMILES string of the molecule is COc1ccc(NC(=O)CN(C(C)=O)C2CCCC2)cc1. The summed E-state index contributed by atoms with van der Waals surface area (Å²) in [4.78, 5) is 25.5. The lowest BCUT2D eigenvalue weighted by Gasteiger charge is -2.27. The molecule has 2 amide bonds. The molecule has 0 unspecified atom stereocenters. The molecule has 1 aromatic rings. The number of rotatable bonds is 5. The summed E-state index contributed by atoms with van der Waals surface area (Å²) in [5.41, 5.74) is 0.704. The molecule has 1 aliphatic carbocycles. The van der Waals surface area contributed by atoms with Gasteiger partial charge in [0.05, 0.1) is 7.11 Å². The van der Waals surface area contributed by atoms with Crippen LogP contribution in [-0.2, 0) is 9.59 Å². The molecule has 0 aromatic heterocycles. The van der Waals surface area contributed by atoms with Crippen molar-refractivity contribution < 1.29 is 14.3 Å². The summed E-state index contributed by atoms with van der Waals surface area (Å²) in [5, 5.41) is 2.81. The quantitative estimate of drug-likeness (QED) is 0.906. The van der Waals surface area contributed by atoms with Gasteiger partial charge in [0.15, 0.2) is 0 Å². The number of hydrogen-bond acceptors (Lipinski definition) is 3. The molecule has 0 aliphatic heterocycles. The molecule has 21 heavy (non-hydrogen) atoms. The second-order valence-electron chi connectivity index (χ2n) is 5.36. The van der Waals surface area contributed by atoms with E-state index in [1.165, 1.54) is 6.92 Å². The van der Waals surface area contributed by atoms with E-state index in [4.69, 9.17) is 4.74 Å². The molecular weight excluding hydrogens is 268 g/mol. The molecule has 5 heteroatoms. The molecule has 5 nitrogen and oxygen atoms in total. The minimum absolute atomic E-state index is 0.0354. The van der Waals surface area contributed by atoms with E-state index >= 15 is 0 Å². The second-order valence-corrected chi connectivity index (χ2v) is 5.36. The summed E-state index contributed by atoms with van der Waals surface area (Å²) in [6.07, 6.45) is 4.26. The van der Waals surface area contributed by atoms with E-state index in [0.29, 0.717) is 5.69 Å². The molecule has 114 valence electrons. The van der Waals surface area contributed by atoms with Crippen molar-refractivity contribution in [1.29, 1.82) is 0 Å². The summed E-state index contributed by atoms with van der Waals surface area (Å²) < 4.78 is 5.07. The van der Waals surface area contributed by atoms with Crippen LogP contribution in [0, 0.1) is 0 Å². The van der Waals surface area contributed by atoms with Crippen molar-refractivity contribution in [3.05, 3.63) is 24.3 Å². The summed E-state index contributed by atoms with van der Waals surface area (Å²) in [6.45, 7) is 1.64. The van der Waals surface area contributed by atoms with Crippen molar-refractivity contribution in [3.8, 4) is 5.75 Å². The van der Waals surface area contributed by atoms with Crippen molar-refractivity contribution >= 4 is 17.5 Å². The first-order valence-corrected chi connectivity index (χ1v) is 7.31. The van der Waals surface area contributed by atoms with Gasteiger partial charge in [-0.2, -0.15) is 0 Å². The fraction of sp³-hybridized carbons (Fsp3) is 0.500. The van der Waals surface area contributed by atoms with Crippen LogP contribution in [0.2, 0.25) is 0 Å². The lowest BCUT2D eigenvalue weighted by Crippen LogP contribution is -2.42. The first-order valence-electron chi connectivity index (χ1n) is 7.31. The molecule has 0 spiro atoms. The van der Waals surface area contributed by atoms with Gasteiger partial charge in [-0.3, -0.25) is 9.59 Å². The van der Waals surface area contributed by atoms with Gasteiger partial charge in [0.25, 0.3) is 0 Å². The highest BCUT2D eigenvalue weighted by atomic mass is 16.5. The topological polar surface area (TPSA) is 58.6 Å². The van der Waals surface area contributed by atoms with Gasteiger partial charge in [-0.1, -0.05) is 12.8 Å². The Morgan fingerprint density at radius 2 is 1.86 bits per heavy atom. The Kier molecular flexibility index (Phi) is 5.20. The number of nitrogens with zero attached hydrogens (tertiary/aromatic N) is 1. The number of nitrogens with one attached hydrogen (secondary N) is 1. The number of carbonyl (C=O) groups excluding carboxylic acids is 2. The molecular formula is C16H22N2O3. The van der Waals surface area contributed by atoms with Gasteiger partial charge in [-0.15, -0.1) is 0 Å². The van der Waals surface area contributed by atoms with Crippen LogP contribution in [0.15, 0.2) is 24.3 Å². The van der Waals surface area contributed by atoms with Crippen molar-refractivity contribution in [2.24, 2.45) is 0 Å². The molecule has 0 bridgehead atoms. The maximum absolute atomic E-state index is 12.1. The van der Waals surface area contributed by atoms with Crippen molar-refractivity contribution in [3.63, 3.8) is 0 Å². The predicted octanol–water partition coefficient (Wildman–Crippen LogP) is 2.42. The first-order chi connectivity index (χ1) is 10.1. The summed E-state index contributed by atoms with van der Waals surface area (Å²) in [6, 6.07) is 7.35. The van der Waals surface area contributed by atoms with E-state index in [-0.39, 0.29) is 24.4 Å². The van der Waals surface area contributed by atoms with Gasteiger partial charge >= 0.3 is 0 Å². The first kappa shape index (κ1) is 15.4. The molecule has 0 heterocycles. The van der Waals surface area contributed by atoms with E-state index in [2.05, 4.69) is 5.32 Å². The zero-order chi connectivity index (χ0) is 15.2. The summed E-state index contributed by atoms with van der Waals surface area (Å²) >= 11 is 0. The van der Waals surface area contributed by atoms with Crippen molar-refractivity contribution in [2.75, 3.05) is 19.0 Å². The highest BCUT2D eigenvalue weighted by molar-refractivity contribution is 5.94. The lowest BCUT2D eigenvalue weighted by atomic mass is 10.2. The summed E-state index contributed by atoms with van der Waals surface area (Å²) in [5.74, 6) is 0.540. The van der Waals surface area contributed by atoms with Crippen LogP contribution < -0.4 is 10.1 Å². The fourth-order valence-corrected chi connectivity index (χ4v) is 2.74. The maximum Gasteiger partial charge on any atom is 0.244 e. The monoisotopic (exact) mass is 290 g/mol. The number of methoxy groups -OCH3 is 1. The Morgan fingerprint density at radius 3 is 2.38 bits per heavy atom. The normalized spacial score (nSPS) is 14.8. The van der Waals surface area contributed by atoms with E-state index in [9.17, 15) is 9.59 Å². The molecule has 1 saturated carbocycles. The number of hydrogen-bond donors (Lipinski definition) is 1. The molecule has 0 saturated heterocycles. The van der Waals surface area contributed by atoms with Crippen LogP contribution in [0.3, 0.4) is 0 Å². The Bertz CT molecular complexity index is 493. The van der Waals surface area contributed by atoms with E-state index in [1.807, 2.05) is 0 Å². The van der Waals surface area contributed by atoms with Gasteiger partial charge in [-0.25, -0.2) is 0 Å². The molecule has 1 aliphatic rings. The van der Waals surface area contributed by atoms with Crippen molar-refractivity contribution in [1.82, 2.24) is 4.90 Å². The standard InChI is InChI=1S/C16H22N2O3/c1-12(19)18(14-5-3-4-6-14)11-16(20)17-13-7-9-15(21-2)10-8-13/h7-10,14H,3-6,11H2,1-2H3,(H,17,20). The Morgan fingerprint density at radius 1 is 1.24 bits per heavy atom. The van der Waals surface area contributed by atoms with E-state index in [0.717, 1.165) is 31.4 Å². The zero-order valence-corrected chi connectivity index (χ0v) is 12.6. The predicted molar refractivity (Wildman–Crippen MR) is 81.3 cm³/mol. The minimum Gasteiger partial charge on any atom is -0.497 e. The van der Waals surface area contributed by atoms with Crippen LogP contribution >= 0.6 is 0 Å².